The van der Waals surface area contributed by atoms with Crippen molar-refractivity contribution in [3.63, 3.8) is 0 Å². The van der Waals surface area contributed by atoms with Crippen LogP contribution in [-0.4, -0.2) is 36.6 Å². The maximum atomic E-state index is 11.3. The van der Waals surface area contributed by atoms with Crippen LogP contribution in [0.3, 0.4) is 0 Å². The molecule has 0 radical (unpaired) electrons. The largest absolute Gasteiger partial charge is 0.367 e. The van der Waals surface area contributed by atoms with E-state index in [0.717, 1.165) is 12.1 Å². The zero-order valence-corrected chi connectivity index (χ0v) is 11.8. The van der Waals surface area contributed by atoms with Gasteiger partial charge in [0.05, 0.1) is 6.20 Å². The summed E-state index contributed by atoms with van der Waals surface area (Å²) in [6.45, 7) is 2.65. The molecule has 0 fully saturated rings. The third kappa shape index (κ3) is 3.21. The molecule has 0 saturated carbocycles. The topological polar surface area (TPSA) is 97.3 Å². The van der Waals surface area contributed by atoms with Crippen molar-refractivity contribution in [2.45, 2.75) is 18.6 Å². The van der Waals surface area contributed by atoms with Crippen LogP contribution in [0.25, 0.3) is 5.65 Å². The molecule has 2 aromatic heterocycles. The van der Waals surface area contributed by atoms with Gasteiger partial charge in [-0.2, -0.15) is 0 Å². The highest BCUT2D eigenvalue weighted by atomic mass is 32.2. The fraction of sp³-hybridized carbons (Fsp3) is 0.455. The molecule has 0 spiro atoms. The average Bonchev–Trinajstić information content (AvgIpc) is 2.86. The molecule has 104 valence electrons. The van der Waals surface area contributed by atoms with E-state index in [1.807, 2.05) is 17.5 Å². The minimum Gasteiger partial charge on any atom is -0.367 e. The van der Waals surface area contributed by atoms with E-state index in [9.17, 15) is 4.21 Å². The summed E-state index contributed by atoms with van der Waals surface area (Å²) in [4.78, 5) is 8.56. The molecule has 8 heteroatoms. The number of hydrogen-bond donors (Lipinski definition) is 3. The average molecular weight is 282 g/mol. The normalized spacial score (nSPS) is 14.3. The SMILES string of the molecule is CC(CCNc1nc(NN)cn2ccnc12)S(C)=O. The van der Waals surface area contributed by atoms with Crippen LogP contribution in [0.4, 0.5) is 11.6 Å². The number of hydrogen-bond acceptors (Lipinski definition) is 6. The van der Waals surface area contributed by atoms with Gasteiger partial charge in [-0.15, -0.1) is 0 Å². The van der Waals surface area contributed by atoms with Gasteiger partial charge >= 0.3 is 0 Å². The van der Waals surface area contributed by atoms with Crippen LogP contribution in [0.2, 0.25) is 0 Å². The molecule has 0 aliphatic rings. The lowest BCUT2D eigenvalue weighted by atomic mass is 10.3. The molecule has 0 bridgehead atoms. The van der Waals surface area contributed by atoms with Crippen LogP contribution in [-0.2, 0) is 10.8 Å². The van der Waals surface area contributed by atoms with Crippen LogP contribution in [0.15, 0.2) is 18.6 Å². The van der Waals surface area contributed by atoms with E-state index in [0.29, 0.717) is 18.2 Å². The van der Waals surface area contributed by atoms with Crippen LogP contribution in [0.1, 0.15) is 13.3 Å². The summed E-state index contributed by atoms with van der Waals surface area (Å²) in [7, 11) is -0.807. The Balaban J connectivity index is 2.11. The summed E-state index contributed by atoms with van der Waals surface area (Å²) < 4.78 is 13.1. The van der Waals surface area contributed by atoms with Gasteiger partial charge in [-0.25, -0.2) is 15.8 Å². The minimum atomic E-state index is -0.807. The third-order valence-corrected chi connectivity index (χ3v) is 4.30. The summed E-state index contributed by atoms with van der Waals surface area (Å²) in [5.41, 5.74) is 3.26. The fourth-order valence-electron chi connectivity index (χ4n) is 1.68. The van der Waals surface area contributed by atoms with Crippen molar-refractivity contribution in [1.29, 1.82) is 0 Å². The molecule has 0 aliphatic carbocycles. The monoisotopic (exact) mass is 282 g/mol. The Morgan fingerprint density at radius 3 is 3.05 bits per heavy atom. The first kappa shape index (κ1) is 13.8. The fourth-order valence-corrected chi connectivity index (χ4v) is 2.13. The Morgan fingerprint density at radius 2 is 2.37 bits per heavy atom. The highest BCUT2D eigenvalue weighted by Crippen LogP contribution is 2.15. The van der Waals surface area contributed by atoms with Gasteiger partial charge in [-0.05, 0) is 6.42 Å². The summed E-state index contributed by atoms with van der Waals surface area (Å²) in [5, 5.41) is 3.36. The van der Waals surface area contributed by atoms with Crippen molar-refractivity contribution < 1.29 is 4.21 Å². The van der Waals surface area contributed by atoms with Crippen LogP contribution in [0.5, 0.6) is 0 Å². The third-order valence-electron chi connectivity index (χ3n) is 2.93. The molecule has 0 amide bonds. The Kier molecular flexibility index (Phi) is 4.33. The number of anilines is 2. The maximum Gasteiger partial charge on any atom is 0.180 e. The quantitative estimate of drug-likeness (QED) is 0.530. The standard InChI is InChI=1S/C11H18N6OS/c1-8(19(2)18)3-4-13-10-11-14-5-6-17(11)7-9(15-10)16-12/h5-8,16H,3-4,12H2,1-2H3,(H,13,15). The molecule has 0 aromatic carbocycles. The zero-order valence-electron chi connectivity index (χ0n) is 11.0. The molecule has 0 saturated heterocycles. The molecule has 2 atom stereocenters. The summed E-state index contributed by atoms with van der Waals surface area (Å²) >= 11 is 0. The van der Waals surface area contributed by atoms with E-state index in [-0.39, 0.29) is 5.25 Å². The van der Waals surface area contributed by atoms with E-state index in [1.54, 1.807) is 18.6 Å². The predicted molar refractivity (Wildman–Crippen MR) is 77.4 cm³/mol. The smallest absolute Gasteiger partial charge is 0.180 e. The molecule has 2 heterocycles. The molecule has 4 N–H and O–H groups in total. The van der Waals surface area contributed by atoms with Crippen LogP contribution < -0.4 is 16.6 Å². The summed E-state index contributed by atoms with van der Waals surface area (Å²) in [6.07, 6.45) is 7.81. The molecule has 2 rings (SSSR count). The second kappa shape index (κ2) is 5.98. The van der Waals surface area contributed by atoms with Crippen molar-refractivity contribution in [3.05, 3.63) is 18.6 Å². The molecular weight excluding hydrogens is 264 g/mol. The Labute approximate surface area is 114 Å². The highest BCUT2D eigenvalue weighted by molar-refractivity contribution is 7.84. The second-order valence-corrected chi connectivity index (χ2v) is 6.10. The summed E-state index contributed by atoms with van der Waals surface area (Å²) in [5.74, 6) is 6.60. The molecule has 0 aliphatic heterocycles. The van der Waals surface area contributed by atoms with Crippen molar-refractivity contribution in [2.24, 2.45) is 5.84 Å². The van der Waals surface area contributed by atoms with Gasteiger partial charge in [0.25, 0.3) is 0 Å². The first-order valence-electron chi connectivity index (χ1n) is 5.98. The van der Waals surface area contributed by atoms with Crippen LogP contribution >= 0.6 is 0 Å². The van der Waals surface area contributed by atoms with E-state index in [4.69, 9.17) is 5.84 Å². The number of rotatable bonds is 6. The van der Waals surface area contributed by atoms with E-state index in [1.165, 1.54) is 0 Å². The van der Waals surface area contributed by atoms with Gasteiger partial charge in [-0.1, -0.05) is 6.92 Å². The lowest BCUT2D eigenvalue weighted by Gasteiger charge is -2.11. The van der Waals surface area contributed by atoms with Gasteiger partial charge in [0, 0.05) is 41.2 Å². The first-order chi connectivity index (χ1) is 9.11. The highest BCUT2D eigenvalue weighted by Gasteiger charge is 2.09. The first-order valence-corrected chi connectivity index (χ1v) is 7.60. The summed E-state index contributed by atoms with van der Waals surface area (Å²) in [6, 6.07) is 0. The van der Waals surface area contributed by atoms with Crippen molar-refractivity contribution in [3.8, 4) is 0 Å². The number of nitrogens with one attached hydrogen (secondary N) is 2. The number of fused-ring (bicyclic) bond motifs is 1. The lowest BCUT2D eigenvalue weighted by Crippen LogP contribution is -2.16. The lowest BCUT2D eigenvalue weighted by molar-refractivity contribution is 0.672. The molecule has 7 nitrogen and oxygen atoms in total. The Bertz CT molecular complexity index is 584. The van der Waals surface area contributed by atoms with E-state index >= 15 is 0 Å². The molecular formula is C11H18N6OS. The number of nitrogen functional groups attached to an aromatic ring is 1. The number of hydrazine groups is 1. The molecule has 2 unspecified atom stereocenters. The van der Waals surface area contributed by atoms with E-state index < -0.39 is 10.8 Å². The Morgan fingerprint density at radius 1 is 1.58 bits per heavy atom. The van der Waals surface area contributed by atoms with Gasteiger partial charge in [0.2, 0.25) is 0 Å². The van der Waals surface area contributed by atoms with Crippen LogP contribution in [0, 0.1) is 0 Å². The van der Waals surface area contributed by atoms with Gasteiger partial charge in [0.1, 0.15) is 0 Å². The molecule has 2 aromatic rings. The van der Waals surface area contributed by atoms with Gasteiger partial charge in [-0.3, -0.25) is 4.21 Å². The Hall–Kier alpha value is -1.67. The molecule has 19 heavy (non-hydrogen) atoms. The predicted octanol–water partition coefficient (Wildman–Crippen LogP) is 0.584. The second-order valence-electron chi connectivity index (χ2n) is 4.30. The number of aromatic nitrogens is 3. The van der Waals surface area contributed by atoms with E-state index in [2.05, 4.69) is 20.7 Å². The van der Waals surface area contributed by atoms with Gasteiger partial charge in [0.15, 0.2) is 17.3 Å². The number of imidazole rings is 1. The number of nitrogens with zero attached hydrogens (tertiary/aromatic N) is 3. The van der Waals surface area contributed by atoms with Crippen molar-refractivity contribution in [2.75, 3.05) is 23.5 Å². The number of nitrogens with two attached hydrogens (primary N) is 1. The zero-order chi connectivity index (χ0) is 13.8. The van der Waals surface area contributed by atoms with Crippen molar-refractivity contribution in [1.82, 2.24) is 14.4 Å². The van der Waals surface area contributed by atoms with Gasteiger partial charge < -0.3 is 15.1 Å². The van der Waals surface area contributed by atoms with Crippen molar-refractivity contribution >= 4 is 28.1 Å². The minimum absolute atomic E-state index is 0.152. The maximum absolute atomic E-state index is 11.3.